The molecule has 0 radical (unpaired) electrons. The third-order valence-electron chi connectivity index (χ3n) is 5.76. The number of rotatable bonds is 9. The zero-order valence-electron chi connectivity index (χ0n) is 18.7. The number of benzene rings is 1. The van der Waals surface area contributed by atoms with E-state index >= 15 is 0 Å². The molecule has 3 aromatic heterocycles. The van der Waals surface area contributed by atoms with Gasteiger partial charge in [0.2, 0.25) is 0 Å². The highest BCUT2D eigenvalue weighted by Gasteiger charge is 2.16. The first kappa shape index (κ1) is 21.0. The number of tetrazole rings is 1. The van der Waals surface area contributed by atoms with Gasteiger partial charge in [-0.2, -0.15) is 5.10 Å². The number of aromatic amines is 1. The highest BCUT2D eigenvalue weighted by atomic mass is 15.5. The van der Waals surface area contributed by atoms with Gasteiger partial charge in [-0.3, -0.25) is 0 Å². The quantitative estimate of drug-likeness (QED) is 0.433. The lowest BCUT2D eigenvalue weighted by atomic mass is 10.1. The predicted molar refractivity (Wildman–Crippen MR) is 120 cm³/mol. The predicted octanol–water partition coefficient (Wildman–Crippen LogP) is 4.46. The Balaban J connectivity index is 1.58. The zero-order chi connectivity index (χ0) is 21.8. The molecule has 0 fully saturated rings. The minimum absolute atomic E-state index is 0.392. The Hall–Kier alpha value is -3.29. The van der Waals surface area contributed by atoms with Crippen molar-refractivity contribution in [3.8, 4) is 17.2 Å². The summed E-state index contributed by atoms with van der Waals surface area (Å²) in [4.78, 5) is 4.85. The molecule has 0 aliphatic carbocycles. The molecule has 4 rings (SSSR count). The first-order valence-corrected chi connectivity index (χ1v) is 11.1. The first-order valence-electron chi connectivity index (χ1n) is 11.1. The lowest BCUT2D eigenvalue weighted by Crippen LogP contribution is -2.09. The second-order valence-electron chi connectivity index (χ2n) is 8.09. The number of hydrogen-bond donors (Lipinski definition) is 1. The van der Waals surface area contributed by atoms with Crippen molar-refractivity contribution in [1.29, 1.82) is 0 Å². The van der Waals surface area contributed by atoms with E-state index in [0.717, 1.165) is 60.8 Å². The summed E-state index contributed by atoms with van der Waals surface area (Å²) in [6, 6.07) is 10.6. The smallest absolute Gasteiger partial charge is 0.196 e. The summed E-state index contributed by atoms with van der Waals surface area (Å²) in [6.45, 7) is 9.40. The van der Waals surface area contributed by atoms with Gasteiger partial charge < -0.3 is 4.57 Å². The number of aromatic nitrogens is 8. The van der Waals surface area contributed by atoms with E-state index in [4.69, 9.17) is 10.1 Å². The second-order valence-corrected chi connectivity index (χ2v) is 8.09. The molecule has 1 atom stereocenters. The van der Waals surface area contributed by atoms with Crippen LogP contribution in [0.25, 0.3) is 17.2 Å². The number of nitrogens with zero attached hydrogens (tertiary/aromatic N) is 7. The molecule has 4 aromatic rings. The standard InChI is InChI=1S/C23H30N8/c1-5-7-8-20-24-23(16(3)6-2)31(27-20)15-18-9-11-19(12-10-18)30-14-13-17(4)21(30)22-25-28-29-26-22/h9-14,16H,5-8,15H2,1-4H3,(H,25,26,28,29). The molecule has 0 aliphatic heterocycles. The van der Waals surface area contributed by atoms with Gasteiger partial charge in [-0.05, 0) is 59.5 Å². The number of nitrogens with one attached hydrogen (secondary N) is 1. The van der Waals surface area contributed by atoms with Crippen molar-refractivity contribution in [1.82, 2.24) is 40.0 Å². The van der Waals surface area contributed by atoms with Crippen LogP contribution < -0.4 is 0 Å². The third-order valence-corrected chi connectivity index (χ3v) is 5.76. The Bertz CT molecular complexity index is 1110. The maximum atomic E-state index is 4.85. The zero-order valence-corrected chi connectivity index (χ0v) is 18.7. The largest absolute Gasteiger partial charge is 0.314 e. The van der Waals surface area contributed by atoms with Crippen molar-refractivity contribution in [3.05, 3.63) is 59.3 Å². The van der Waals surface area contributed by atoms with Gasteiger partial charge in [-0.25, -0.2) is 14.8 Å². The highest BCUT2D eigenvalue weighted by molar-refractivity contribution is 5.59. The minimum Gasteiger partial charge on any atom is -0.314 e. The molecule has 3 heterocycles. The van der Waals surface area contributed by atoms with E-state index < -0.39 is 0 Å². The fourth-order valence-electron chi connectivity index (χ4n) is 3.75. The van der Waals surface area contributed by atoms with Crippen molar-refractivity contribution in [3.63, 3.8) is 0 Å². The summed E-state index contributed by atoms with van der Waals surface area (Å²) in [5.41, 5.74) is 4.34. The molecule has 1 N–H and O–H groups in total. The fourth-order valence-corrected chi connectivity index (χ4v) is 3.75. The monoisotopic (exact) mass is 418 g/mol. The van der Waals surface area contributed by atoms with Crippen molar-refractivity contribution in [2.45, 2.75) is 65.8 Å². The summed E-state index contributed by atoms with van der Waals surface area (Å²) >= 11 is 0. The fraction of sp³-hybridized carbons (Fsp3) is 0.435. The Labute approximate surface area is 182 Å². The lowest BCUT2D eigenvalue weighted by molar-refractivity contribution is 0.574. The molecule has 0 amide bonds. The number of H-pyrrole nitrogens is 1. The molecule has 1 unspecified atom stereocenters. The maximum absolute atomic E-state index is 4.85. The molecular weight excluding hydrogens is 388 g/mol. The molecule has 0 saturated carbocycles. The molecule has 8 heteroatoms. The number of unbranched alkanes of at least 4 members (excludes halogenated alkanes) is 1. The van der Waals surface area contributed by atoms with Gasteiger partial charge in [0.25, 0.3) is 0 Å². The van der Waals surface area contributed by atoms with Gasteiger partial charge in [0.05, 0.1) is 12.2 Å². The Morgan fingerprint density at radius 3 is 2.58 bits per heavy atom. The third kappa shape index (κ3) is 4.42. The van der Waals surface area contributed by atoms with Crippen molar-refractivity contribution >= 4 is 0 Å². The Kier molecular flexibility index (Phi) is 6.25. The van der Waals surface area contributed by atoms with Crippen LogP contribution in [0.5, 0.6) is 0 Å². The summed E-state index contributed by atoms with van der Waals surface area (Å²) in [7, 11) is 0. The van der Waals surface area contributed by atoms with Gasteiger partial charge >= 0.3 is 0 Å². The van der Waals surface area contributed by atoms with E-state index in [1.165, 1.54) is 5.56 Å². The van der Waals surface area contributed by atoms with Crippen LogP contribution in [0, 0.1) is 6.92 Å². The summed E-state index contributed by atoms with van der Waals surface area (Å²) < 4.78 is 4.18. The van der Waals surface area contributed by atoms with Crippen LogP contribution in [0.2, 0.25) is 0 Å². The average Bonchev–Trinajstić information content (AvgIpc) is 3.52. The molecule has 0 saturated heterocycles. The van der Waals surface area contributed by atoms with Gasteiger partial charge in [0.15, 0.2) is 11.6 Å². The molecule has 0 bridgehead atoms. The Morgan fingerprint density at radius 1 is 1.10 bits per heavy atom. The van der Waals surface area contributed by atoms with Gasteiger partial charge in [-0.15, -0.1) is 5.10 Å². The molecule has 1 aromatic carbocycles. The van der Waals surface area contributed by atoms with Crippen molar-refractivity contribution < 1.29 is 0 Å². The van der Waals surface area contributed by atoms with E-state index in [-0.39, 0.29) is 0 Å². The lowest BCUT2D eigenvalue weighted by Gasteiger charge is -2.12. The van der Waals surface area contributed by atoms with Crippen molar-refractivity contribution in [2.24, 2.45) is 0 Å². The first-order chi connectivity index (χ1) is 15.1. The number of hydrogen-bond acceptors (Lipinski definition) is 5. The van der Waals surface area contributed by atoms with Crippen LogP contribution in [0.3, 0.4) is 0 Å². The van der Waals surface area contributed by atoms with Crippen LogP contribution in [0.4, 0.5) is 0 Å². The molecule has 31 heavy (non-hydrogen) atoms. The van der Waals surface area contributed by atoms with E-state index in [1.807, 2.05) is 6.20 Å². The molecule has 162 valence electrons. The van der Waals surface area contributed by atoms with Crippen LogP contribution in [-0.4, -0.2) is 40.0 Å². The molecule has 0 spiro atoms. The minimum atomic E-state index is 0.392. The average molecular weight is 419 g/mol. The second kappa shape index (κ2) is 9.24. The SMILES string of the molecule is CCCCc1nc(C(C)CC)n(Cc2ccc(-n3ccc(C)c3-c3nnn[nH]3)cc2)n1. The van der Waals surface area contributed by atoms with E-state index in [1.54, 1.807) is 0 Å². The van der Waals surface area contributed by atoms with Gasteiger partial charge in [-0.1, -0.05) is 39.3 Å². The normalized spacial score (nSPS) is 12.4. The van der Waals surface area contributed by atoms with Gasteiger partial charge in [0, 0.05) is 24.2 Å². The van der Waals surface area contributed by atoms with Crippen LogP contribution in [0.15, 0.2) is 36.5 Å². The van der Waals surface area contributed by atoms with E-state index in [9.17, 15) is 0 Å². The maximum Gasteiger partial charge on any atom is 0.196 e. The van der Waals surface area contributed by atoms with Crippen LogP contribution in [-0.2, 0) is 13.0 Å². The van der Waals surface area contributed by atoms with Crippen molar-refractivity contribution in [2.75, 3.05) is 0 Å². The highest BCUT2D eigenvalue weighted by Crippen LogP contribution is 2.25. The van der Waals surface area contributed by atoms with Gasteiger partial charge in [0.1, 0.15) is 5.82 Å². The molecule has 0 aliphatic rings. The molecule has 8 nitrogen and oxygen atoms in total. The summed E-state index contributed by atoms with van der Waals surface area (Å²) in [5, 5.41) is 19.2. The van der Waals surface area contributed by atoms with E-state index in [0.29, 0.717) is 11.7 Å². The summed E-state index contributed by atoms with van der Waals surface area (Å²) in [6.07, 6.45) is 6.31. The van der Waals surface area contributed by atoms with Crippen LogP contribution >= 0.6 is 0 Å². The topological polar surface area (TPSA) is 90.1 Å². The summed E-state index contributed by atoms with van der Waals surface area (Å²) in [5.74, 6) is 3.09. The van der Waals surface area contributed by atoms with E-state index in [2.05, 4.69) is 87.9 Å². The number of aryl methyl sites for hydroxylation is 2. The van der Waals surface area contributed by atoms with Crippen LogP contribution in [0.1, 0.15) is 68.7 Å². The Morgan fingerprint density at radius 2 is 1.90 bits per heavy atom. The molecular formula is C23H30N8.